The molecule has 0 fully saturated rings. The number of phenols is 1. The summed E-state index contributed by atoms with van der Waals surface area (Å²) in [6, 6.07) is 36.2. The molecule has 0 aliphatic heterocycles. The third-order valence-corrected chi connectivity index (χ3v) is 12.6. The number of para-hydroxylation sites is 3. The molecule has 1 heterocycles. The second kappa shape index (κ2) is 10.1. The van der Waals surface area contributed by atoms with Crippen molar-refractivity contribution in [3.8, 4) is 16.9 Å². The average Bonchev–Trinajstić information content (AvgIpc) is 3.26. The van der Waals surface area contributed by atoms with Gasteiger partial charge < -0.3 is 9.52 Å². The Balaban J connectivity index is 0.000000172. The summed E-state index contributed by atoms with van der Waals surface area (Å²) in [4.78, 5) is 0. The van der Waals surface area contributed by atoms with Gasteiger partial charge in [0.05, 0.1) is 8.07 Å². The summed E-state index contributed by atoms with van der Waals surface area (Å²) in [7, 11) is -1.41. The van der Waals surface area contributed by atoms with Gasteiger partial charge in [-0.2, -0.15) is 0 Å². The lowest BCUT2D eigenvalue weighted by atomic mass is 10.1. The SMILES string of the molecule is CC[Si](CC)(CC)c1cccc2c1oc1ccccc12.Oc1ccccc1-c1ccccc1. The van der Waals surface area contributed by atoms with Gasteiger partial charge in [0.2, 0.25) is 0 Å². The van der Waals surface area contributed by atoms with Crippen molar-refractivity contribution in [1.29, 1.82) is 0 Å². The summed E-state index contributed by atoms with van der Waals surface area (Å²) in [5.41, 5.74) is 4.08. The monoisotopic (exact) mass is 452 g/mol. The Bertz CT molecular complexity index is 1330. The number of benzene rings is 4. The second-order valence-corrected chi connectivity index (χ2v) is 13.7. The molecule has 0 saturated carbocycles. The van der Waals surface area contributed by atoms with E-state index in [4.69, 9.17) is 4.42 Å². The maximum absolute atomic E-state index is 9.56. The van der Waals surface area contributed by atoms with E-state index in [1.807, 2.05) is 48.5 Å². The topological polar surface area (TPSA) is 33.4 Å². The Morgan fingerprint density at radius 2 is 1.24 bits per heavy atom. The first kappa shape index (κ1) is 22.9. The molecule has 33 heavy (non-hydrogen) atoms. The molecule has 5 rings (SSSR count). The zero-order valence-corrected chi connectivity index (χ0v) is 20.7. The van der Waals surface area contributed by atoms with E-state index >= 15 is 0 Å². The Morgan fingerprint density at radius 1 is 0.636 bits per heavy atom. The van der Waals surface area contributed by atoms with Crippen LogP contribution < -0.4 is 5.19 Å². The molecule has 0 aliphatic rings. The Hall–Kier alpha value is -3.30. The van der Waals surface area contributed by atoms with E-state index in [9.17, 15) is 5.11 Å². The number of hydrogen-bond donors (Lipinski definition) is 1. The van der Waals surface area contributed by atoms with Gasteiger partial charge in [0.25, 0.3) is 0 Å². The highest BCUT2D eigenvalue weighted by Crippen LogP contribution is 2.31. The Morgan fingerprint density at radius 3 is 1.94 bits per heavy atom. The molecule has 168 valence electrons. The minimum atomic E-state index is -1.41. The van der Waals surface area contributed by atoms with Crippen molar-refractivity contribution in [1.82, 2.24) is 0 Å². The highest BCUT2D eigenvalue weighted by Gasteiger charge is 2.32. The van der Waals surface area contributed by atoms with Crippen molar-refractivity contribution in [2.75, 3.05) is 0 Å². The van der Waals surface area contributed by atoms with Crippen molar-refractivity contribution in [3.05, 3.63) is 97.1 Å². The first-order chi connectivity index (χ1) is 16.1. The van der Waals surface area contributed by atoms with Gasteiger partial charge in [-0.1, -0.05) is 124 Å². The lowest BCUT2D eigenvalue weighted by Gasteiger charge is -2.28. The van der Waals surface area contributed by atoms with Crippen molar-refractivity contribution in [2.24, 2.45) is 0 Å². The van der Waals surface area contributed by atoms with Crippen LogP contribution in [0.5, 0.6) is 5.75 Å². The minimum Gasteiger partial charge on any atom is -0.507 e. The first-order valence-electron chi connectivity index (χ1n) is 11.9. The van der Waals surface area contributed by atoms with Crippen LogP contribution in [-0.4, -0.2) is 13.2 Å². The number of rotatable bonds is 5. The quantitative estimate of drug-likeness (QED) is 0.272. The standard InChI is InChI=1S/C18H22OSi.C12H10O/c1-4-20(5-2,6-3)17-13-9-11-15-14-10-7-8-12-16(14)19-18(15)17;13-12-9-5-4-8-11(12)10-6-2-1-3-7-10/h7-13H,4-6H2,1-3H3;1-9,13H. The highest BCUT2D eigenvalue weighted by atomic mass is 28.3. The van der Waals surface area contributed by atoms with Gasteiger partial charge in [0.1, 0.15) is 16.9 Å². The zero-order valence-electron chi connectivity index (χ0n) is 19.7. The Kier molecular flexibility index (Phi) is 7.00. The molecule has 0 atom stereocenters. The predicted molar refractivity (Wildman–Crippen MR) is 144 cm³/mol. The van der Waals surface area contributed by atoms with E-state index in [2.05, 4.69) is 63.2 Å². The molecule has 0 unspecified atom stereocenters. The fraction of sp³-hybridized carbons (Fsp3) is 0.200. The normalized spacial score (nSPS) is 11.4. The van der Waals surface area contributed by atoms with Gasteiger partial charge in [0, 0.05) is 16.3 Å². The number of aromatic hydroxyl groups is 1. The summed E-state index contributed by atoms with van der Waals surface area (Å²) < 4.78 is 6.23. The molecule has 0 bridgehead atoms. The minimum absolute atomic E-state index is 0.328. The largest absolute Gasteiger partial charge is 0.507 e. The molecule has 0 radical (unpaired) electrons. The average molecular weight is 453 g/mol. The van der Waals surface area contributed by atoms with Crippen LogP contribution in [0.3, 0.4) is 0 Å². The van der Waals surface area contributed by atoms with Gasteiger partial charge in [0.15, 0.2) is 0 Å². The maximum Gasteiger partial charge on any atom is 0.135 e. The van der Waals surface area contributed by atoms with Gasteiger partial charge in [-0.3, -0.25) is 0 Å². The van der Waals surface area contributed by atoms with Gasteiger partial charge >= 0.3 is 0 Å². The molecule has 0 amide bonds. The van der Waals surface area contributed by atoms with Crippen molar-refractivity contribution in [2.45, 2.75) is 38.9 Å². The van der Waals surface area contributed by atoms with E-state index in [1.54, 1.807) is 6.07 Å². The maximum atomic E-state index is 9.56. The smallest absolute Gasteiger partial charge is 0.135 e. The summed E-state index contributed by atoms with van der Waals surface area (Å²) in [6.45, 7) is 7.04. The number of hydrogen-bond acceptors (Lipinski definition) is 2. The van der Waals surface area contributed by atoms with E-state index in [0.29, 0.717) is 5.75 Å². The lowest BCUT2D eigenvalue weighted by Crippen LogP contribution is -2.45. The van der Waals surface area contributed by atoms with Crippen LogP contribution in [0.25, 0.3) is 33.1 Å². The van der Waals surface area contributed by atoms with Crippen LogP contribution in [0.1, 0.15) is 20.8 Å². The van der Waals surface area contributed by atoms with Gasteiger partial charge in [-0.05, 0) is 22.9 Å². The highest BCUT2D eigenvalue weighted by molar-refractivity contribution is 6.93. The zero-order chi connectivity index (χ0) is 23.3. The van der Waals surface area contributed by atoms with Crippen LogP contribution in [-0.2, 0) is 0 Å². The molecular formula is C30H32O2Si. The molecule has 2 nitrogen and oxygen atoms in total. The van der Waals surface area contributed by atoms with E-state index in [0.717, 1.165) is 22.3 Å². The number of furan rings is 1. The van der Waals surface area contributed by atoms with Crippen LogP contribution in [0.2, 0.25) is 18.1 Å². The van der Waals surface area contributed by atoms with Crippen LogP contribution >= 0.6 is 0 Å². The van der Waals surface area contributed by atoms with Crippen LogP contribution in [0.15, 0.2) is 101 Å². The van der Waals surface area contributed by atoms with E-state index < -0.39 is 8.07 Å². The molecule has 4 aromatic carbocycles. The molecule has 3 heteroatoms. The van der Waals surface area contributed by atoms with Crippen molar-refractivity contribution in [3.63, 3.8) is 0 Å². The lowest BCUT2D eigenvalue weighted by molar-refractivity contribution is 0.477. The summed E-state index contributed by atoms with van der Waals surface area (Å²) in [5, 5.41) is 13.6. The van der Waals surface area contributed by atoms with Crippen LogP contribution in [0, 0.1) is 0 Å². The molecule has 5 aromatic rings. The van der Waals surface area contributed by atoms with Crippen LogP contribution in [0.4, 0.5) is 0 Å². The van der Waals surface area contributed by atoms with Gasteiger partial charge in [-0.25, -0.2) is 0 Å². The number of fused-ring (bicyclic) bond motifs is 3. The third kappa shape index (κ3) is 4.46. The molecule has 1 aromatic heterocycles. The summed E-state index contributed by atoms with van der Waals surface area (Å²) in [5.74, 6) is 0.328. The first-order valence-corrected chi connectivity index (χ1v) is 14.5. The van der Waals surface area contributed by atoms with E-state index in [1.165, 1.54) is 34.1 Å². The Labute approximate surface area is 197 Å². The fourth-order valence-electron chi connectivity index (χ4n) is 4.82. The molecule has 0 spiro atoms. The molecule has 0 saturated heterocycles. The molecular weight excluding hydrogens is 420 g/mol. The third-order valence-electron chi connectivity index (χ3n) is 6.99. The summed E-state index contributed by atoms with van der Waals surface area (Å²) >= 11 is 0. The number of phenolic OH excluding ortho intramolecular Hbond substituents is 1. The molecule has 1 N–H and O–H groups in total. The van der Waals surface area contributed by atoms with E-state index in [-0.39, 0.29) is 0 Å². The second-order valence-electron chi connectivity index (χ2n) is 8.50. The van der Waals surface area contributed by atoms with Gasteiger partial charge in [-0.15, -0.1) is 0 Å². The fourth-order valence-corrected chi connectivity index (χ4v) is 8.58. The van der Waals surface area contributed by atoms with Crippen molar-refractivity contribution < 1.29 is 9.52 Å². The predicted octanol–water partition coefficient (Wildman–Crippen LogP) is 8.36. The molecule has 0 aliphatic carbocycles. The summed E-state index contributed by atoms with van der Waals surface area (Å²) in [6.07, 6.45) is 0. The van der Waals surface area contributed by atoms with Crippen molar-refractivity contribution >= 4 is 35.2 Å².